The van der Waals surface area contributed by atoms with E-state index in [1.165, 1.54) is 30.8 Å². The van der Waals surface area contributed by atoms with Crippen LogP contribution in [0.3, 0.4) is 0 Å². The maximum Gasteiger partial charge on any atom is 1.00 e. The molecule has 6 rings (SSSR count). The van der Waals surface area contributed by atoms with Crippen molar-refractivity contribution in [1.82, 2.24) is 20.4 Å². The number of aliphatic carboxylic acids is 1. The number of ether oxygens (including phenoxy) is 4. The Morgan fingerprint density at radius 1 is 0.738 bits per heavy atom. The number of alkyl carbamates (subject to hydrolysis) is 2. The fourth-order valence-corrected chi connectivity index (χ4v) is 7.59. The second-order valence-corrected chi connectivity index (χ2v) is 15.7. The van der Waals surface area contributed by atoms with E-state index in [9.17, 15) is 48.9 Å². The maximum absolute atomic E-state index is 13.0. The Morgan fingerprint density at radius 2 is 1.16 bits per heavy atom. The summed E-state index contributed by atoms with van der Waals surface area (Å²) >= 11 is 0. The minimum absolute atomic E-state index is 0. The van der Waals surface area contributed by atoms with Gasteiger partial charge in [0, 0.05) is 14.1 Å². The number of hydrogen-bond acceptors (Lipinski definition) is 14. The minimum Gasteiger partial charge on any atom is -0.543 e. The second kappa shape index (κ2) is 20.1. The smallest absolute Gasteiger partial charge is 0.543 e. The molecule has 61 heavy (non-hydrogen) atoms. The van der Waals surface area contributed by atoms with Gasteiger partial charge in [-0.15, -0.1) is 0 Å². The number of benzene rings is 2. The van der Waals surface area contributed by atoms with Gasteiger partial charge in [-0.05, 0) is 93.0 Å². The number of carbonyl (C=O) groups excluding carboxylic acids is 7. The quantitative estimate of drug-likeness (QED) is 0.0629. The summed E-state index contributed by atoms with van der Waals surface area (Å²) in [6, 6.07) is 13.2. The van der Waals surface area contributed by atoms with Crippen molar-refractivity contribution in [3.05, 3.63) is 82.2 Å². The van der Waals surface area contributed by atoms with Crippen LogP contribution in [0.5, 0.6) is 0 Å². The molecule has 0 spiro atoms. The van der Waals surface area contributed by atoms with Crippen LogP contribution in [0.2, 0.25) is 0 Å². The number of nitrogens with one attached hydrogen (secondary N) is 2. The Kier molecular flexibility index (Phi) is 15.9. The molecule has 4 N–H and O–H groups in total. The van der Waals surface area contributed by atoms with Gasteiger partial charge in [-0.1, -0.05) is 36.4 Å². The molecule has 4 amide bonds. The van der Waals surface area contributed by atoms with E-state index in [0.29, 0.717) is 46.2 Å². The van der Waals surface area contributed by atoms with E-state index in [0.717, 1.165) is 0 Å². The SMILES string of the molecule is CNC(=O)OCc1cccc(C2=C(C(=O)OCOC(=O)C(C)(C)C)N3C(=O)[C@H]([C@@H](C)O)[C@H]3C2)c1.CNC(=O)OCc1cccc(C2=C(C(=O)[O-])N3C(=O)[C@H]([C@@H](C)O)[C@H]3C2)c1.[Na+]. The summed E-state index contributed by atoms with van der Waals surface area (Å²) in [5.41, 5.74) is 2.84. The van der Waals surface area contributed by atoms with Crippen molar-refractivity contribution < 1.29 is 97.4 Å². The number of carboxylic acids is 1. The fraction of sp³-hybridized carbons (Fsp3) is 0.452. The second-order valence-electron chi connectivity index (χ2n) is 15.7. The van der Waals surface area contributed by atoms with Gasteiger partial charge in [0.1, 0.15) is 18.9 Å². The summed E-state index contributed by atoms with van der Waals surface area (Å²) in [5.74, 6) is -4.77. The van der Waals surface area contributed by atoms with E-state index in [-0.39, 0.29) is 72.2 Å². The van der Waals surface area contributed by atoms with Crippen LogP contribution in [0.4, 0.5) is 9.59 Å². The van der Waals surface area contributed by atoms with E-state index in [2.05, 4.69) is 10.6 Å². The monoisotopic (exact) mass is 856 g/mol. The first-order valence-corrected chi connectivity index (χ1v) is 19.2. The number of rotatable bonds is 12. The molecule has 0 bridgehead atoms. The topological polar surface area (TPSA) is 250 Å². The molecule has 4 aliphatic heterocycles. The summed E-state index contributed by atoms with van der Waals surface area (Å²) in [6.07, 6.45) is -2.20. The zero-order chi connectivity index (χ0) is 44.2. The van der Waals surface area contributed by atoms with E-state index >= 15 is 0 Å². The maximum atomic E-state index is 13.0. The number of nitrogens with zero attached hydrogens (tertiary/aromatic N) is 2. The number of hydrogen-bond donors (Lipinski definition) is 4. The molecule has 2 aromatic carbocycles. The van der Waals surface area contributed by atoms with Gasteiger partial charge in [0.15, 0.2) is 0 Å². The molecule has 18 nitrogen and oxygen atoms in total. The van der Waals surface area contributed by atoms with Crippen molar-refractivity contribution in [3.8, 4) is 0 Å². The van der Waals surface area contributed by atoms with Gasteiger partial charge in [-0.2, -0.15) is 0 Å². The van der Waals surface area contributed by atoms with Crippen LogP contribution in [0.25, 0.3) is 11.1 Å². The average molecular weight is 857 g/mol. The third-order valence-electron chi connectivity index (χ3n) is 10.5. The predicted molar refractivity (Wildman–Crippen MR) is 208 cm³/mol. The molecule has 19 heteroatoms. The van der Waals surface area contributed by atoms with Gasteiger partial charge in [0.05, 0.1) is 53.2 Å². The van der Waals surface area contributed by atoms with E-state index in [1.54, 1.807) is 76.2 Å². The third-order valence-corrected chi connectivity index (χ3v) is 10.5. The van der Waals surface area contributed by atoms with Crippen LogP contribution in [0.1, 0.15) is 69.7 Å². The number of carbonyl (C=O) groups is 7. The summed E-state index contributed by atoms with van der Waals surface area (Å²) in [4.78, 5) is 86.7. The molecule has 2 saturated heterocycles. The molecule has 4 heterocycles. The summed E-state index contributed by atoms with van der Waals surface area (Å²) in [7, 11) is 2.91. The Balaban J connectivity index is 0.000000273. The van der Waals surface area contributed by atoms with Crippen LogP contribution < -0.4 is 45.3 Å². The zero-order valence-corrected chi connectivity index (χ0v) is 37.3. The Hall–Kier alpha value is -5.27. The van der Waals surface area contributed by atoms with Gasteiger partial charge < -0.3 is 59.5 Å². The van der Waals surface area contributed by atoms with E-state index < -0.39 is 72.3 Å². The average Bonchev–Trinajstić information content (AvgIpc) is 3.72. The molecule has 0 saturated carbocycles. The van der Waals surface area contributed by atoms with E-state index in [4.69, 9.17) is 18.9 Å². The van der Waals surface area contributed by atoms with Gasteiger partial charge in [-0.25, -0.2) is 14.4 Å². The predicted octanol–water partition coefficient (Wildman–Crippen LogP) is -1.43. The Labute approximate surface area is 374 Å². The number of aliphatic hydroxyl groups is 2. The van der Waals surface area contributed by atoms with Crippen LogP contribution in [0, 0.1) is 17.3 Å². The zero-order valence-electron chi connectivity index (χ0n) is 35.3. The van der Waals surface area contributed by atoms with Crippen molar-refractivity contribution in [1.29, 1.82) is 0 Å². The number of esters is 2. The molecule has 2 aromatic rings. The number of aliphatic hydroxyl groups excluding tert-OH is 2. The molecular formula is C42H49N4NaO14. The molecule has 0 aliphatic carbocycles. The summed E-state index contributed by atoms with van der Waals surface area (Å²) < 4.78 is 20.3. The molecule has 0 unspecified atom stereocenters. The van der Waals surface area contributed by atoms with Crippen molar-refractivity contribution >= 4 is 53.1 Å². The van der Waals surface area contributed by atoms with E-state index in [1.807, 2.05) is 0 Å². The van der Waals surface area contributed by atoms with Crippen molar-refractivity contribution in [2.75, 3.05) is 20.9 Å². The van der Waals surface area contributed by atoms with Crippen molar-refractivity contribution in [2.45, 2.75) is 85.0 Å². The van der Waals surface area contributed by atoms with Crippen LogP contribution in [-0.2, 0) is 56.1 Å². The number of amides is 4. The van der Waals surface area contributed by atoms with Crippen molar-refractivity contribution in [3.63, 3.8) is 0 Å². The van der Waals surface area contributed by atoms with Crippen molar-refractivity contribution in [2.24, 2.45) is 17.3 Å². The molecular weight excluding hydrogens is 807 g/mol. The van der Waals surface area contributed by atoms with Gasteiger partial charge in [0.25, 0.3) is 0 Å². The third kappa shape index (κ3) is 10.4. The molecule has 6 atom stereocenters. The molecule has 0 radical (unpaired) electrons. The van der Waals surface area contributed by atoms with Crippen LogP contribution in [0.15, 0.2) is 59.9 Å². The standard InChI is InChI=1S/C24H30N2O8.C18H20N2O6.Na/c1-13(27)18-17-10-16(15-8-6-7-14(9-15)11-32-23(31)25-5)19(26(17)20(18)28)21(29)33-12-34-22(30)24(2,3)4;1-9(21)14-13-7-12(15(17(23)24)20(13)16(14)22)11-5-3-4-10(6-11)8-26-18(25)19-2;/h6-9,13,17-18,27H,10-12H2,1-5H3,(H,25,31);3-6,9,13-14,21H,7-8H2,1-2H3,(H,19,25)(H,23,24);/q;;+1/p-1/t13-,17-,18-;9-,13-,14-;/m11./s1. The van der Waals surface area contributed by atoms with Crippen LogP contribution in [-0.4, -0.2) is 107 Å². The minimum atomic E-state index is -1.42. The van der Waals surface area contributed by atoms with Gasteiger partial charge >= 0.3 is 53.7 Å². The number of β-lactam (4-membered cyclic amide) rings is 2. The summed E-state index contributed by atoms with van der Waals surface area (Å²) in [6.45, 7) is 7.55. The Bertz CT molecular complexity index is 2130. The van der Waals surface area contributed by atoms with Gasteiger partial charge in [-0.3, -0.25) is 14.4 Å². The normalized spacial score (nSPS) is 20.9. The molecule has 0 aromatic heterocycles. The number of carboxylic acid groups (broad SMARTS) is 1. The largest absolute Gasteiger partial charge is 1.00 e. The fourth-order valence-electron chi connectivity index (χ4n) is 7.59. The van der Waals surface area contributed by atoms with Crippen LogP contribution >= 0.6 is 0 Å². The molecule has 2 fully saturated rings. The molecule has 322 valence electrons. The summed E-state index contributed by atoms with van der Waals surface area (Å²) in [5, 5.41) is 36.2. The first kappa shape index (κ1) is 48.4. The Morgan fingerprint density at radius 3 is 1.56 bits per heavy atom. The first-order valence-electron chi connectivity index (χ1n) is 19.2. The first-order chi connectivity index (χ1) is 28.3. The van der Waals surface area contributed by atoms with Gasteiger partial charge in [0.2, 0.25) is 18.6 Å². The number of fused-ring (bicyclic) bond motifs is 2. The molecule has 4 aliphatic rings.